The minimum atomic E-state index is 0. The quantitative estimate of drug-likeness (QED) is 0.261. The second kappa shape index (κ2) is 43.9. The van der Waals surface area contributed by atoms with Crippen molar-refractivity contribution < 1.29 is 9.47 Å². The monoisotopic (exact) mass is 991 g/mol. The molecule has 0 aromatic heterocycles. The largest absolute Gasteiger partial charge is 0.378 e. The van der Waals surface area contributed by atoms with Gasteiger partial charge in [0.15, 0.2) is 0 Å². The summed E-state index contributed by atoms with van der Waals surface area (Å²) in [4.78, 5) is 7.68. The number of piperidine rings is 3. The third kappa shape index (κ3) is 35.1. The number of nitrogens with zero attached hydrogens (tertiary/aromatic N) is 3. The van der Waals surface area contributed by atoms with E-state index in [-0.39, 0.29) is 7.43 Å². The lowest BCUT2D eigenvalue weighted by Crippen LogP contribution is -2.44. The van der Waals surface area contributed by atoms with Gasteiger partial charge in [-0.1, -0.05) is 160 Å². The first-order chi connectivity index (χ1) is 32.9. The van der Waals surface area contributed by atoms with Gasteiger partial charge in [0, 0.05) is 31.3 Å². The highest BCUT2D eigenvalue weighted by atomic mass is 16.5. The van der Waals surface area contributed by atoms with Crippen LogP contribution in [0.5, 0.6) is 0 Å². The van der Waals surface area contributed by atoms with Crippen molar-refractivity contribution in [3.8, 4) is 0 Å². The average molecular weight is 992 g/mol. The molecule has 0 radical (unpaired) electrons. The summed E-state index contributed by atoms with van der Waals surface area (Å²) in [6, 6.07) is 2.31. The Kier molecular flexibility index (Phi) is 43.8. The summed E-state index contributed by atoms with van der Waals surface area (Å²) in [7, 11) is 0. The van der Waals surface area contributed by atoms with Gasteiger partial charge in [0.2, 0.25) is 0 Å². The van der Waals surface area contributed by atoms with Gasteiger partial charge in [-0.25, -0.2) is 0 Å². The maximum Gasteiger partial charge on any atom is 0.0598 e. The zero-order valence-electron chi connectivity index (χ0n) is 50.2. The van der Waals surface area contributed by atoms with Crippen molar-refractivity contribution in [1.29, 1.82) is 0 Å². The molecule has 2 aliphatic carbocycles. The Bertz CT molecular complexity index is 892. The van der Waals surface area contributed by atoms with Gasteiger partial charge in [-0.15, -0.1) is 0 Å². The first-order valence-electron chi connectivity index (χ1n) is 31.1. The van der Waals surface area contributed by atoms with Crippen molar-refractivity contribution >= 4 is 0 Å². The van der Waals surface area contributed by atoms with Gasteiger partial charge in [-0.05, 0) is 212 Å². The van der Waals surface area contributed by atoms with E-state index in [1.54, 1.807) is 0 Å². The highest BCUT2D eigenvalue weighted by Crippen LogP contribution is 2.30. The molecular weight excluding hydrogens is 857 g/mol. The minimum Gasteiger partial charge on any atom is -0.378 e. The van der Waals surface area contributed by atoms with E-state index in [4.69, 9.17) is 9.47 Å². The number of rotatable bonds is 8. The molecule has 8 aliphatic rings. The van der Waals surface area contributed by atoms with Crippen molar-refractivity contribution in [2.75, 3.05) is 65.6 Å². The van der Waals surface area contributed by atoms with Crippen LogP contribution in [0.2, 0.25) is 0 Å². The third-order valence-corrected chi connectivity index (χ3v) is 17.0. The SMILES string of the molecule is C.CC(C)C1CCCCC1.CC(C)C1CCCCC1.CC(C)C1CCCCO1.CC(C)C1CCCO1.CC(C)C1CNC1.CC(C)N1CCCCC1.CC(C)N1CCCCC1.CC(C)N1CCCCC1. The lowest BCUT2D eigenvalue weighted by atomic mass is 9.82. The predicted octanol–water partition coefficient (Wildman–Crippen LogP) is 17.6. The molecule has 6 heteroatoms. The Hall–Kier alpha value is -0.240. The van der Waals surface area contributed by atoms with Crippen LogP contribution >= 0.6 is 0 Å². The maximum atomic E-state index is 5.54. The summed E-state index contributed by atoms with van der Waals surface area (Å²) in [5.41, 5.74) is 0. The van der Waals surface area contributed by atoms with Gasteiger partial charge in [-0.3, -0.25) is 0 Å². The van der Waals surface area contributed by atoms with Crippen LogP contribution in [0.15, 0.2) is 0 Å². The van der Waals surface area contributed by atoms with Crippen LogP contribution in [-0.2, 0) is 9.47 Å². The summed E-state index contributed by atoms with van der Waals surface area (Å²) in [6.07, 6.45) is 35.3. The molecule has 6 heterocycles. The lowest BCUT2D eigenvalue weighted by molar-refractivity contribution is -0.0115. The molecule has 8 rings (SSSR count). The van der Waals surface area contributed by atoms with E-state index < -0.39 is 0 Å². The molecule has 0 bridgehead atoms. The molecule has 0 aromatic carbocycles. The smallest absolute Gasteiger partial charge is 0.0598 e. The average Bonchev–Trinajstić information content (AvgIpc) is 3.90. The molecule has 0 aromatic rings. The van der Waals surface area contributed by atoms with Crippen molar-refractivity contribution in [3.05, 3.63) is 0 Å². The molecule has 2 saturated carbocycles. The Labute approximate surface area is 443 Å². The molecule has 70 heavy (non-hydrogen) atoms. The first-order valence-corrected chi connectivity index (χ1v) is 31.1. The summed E-state index contributed by atoms with van der Waals surface area (Å²) < 4.78 is 11.0. The summed E-state index contributed by atoms with van der Waals surface area (Å²) >= 11 is 0. The van der Waals surface area contributed by atoms with E-state index in [1.807, 2.05) is 0 Å². The van der Waals surface area contributed by atoms with E-state index in [0.29, 0.717) is 18.1 Å². The highest BCUT2D eigenvalue weighted by Gasteiger charge is 2.21. The topological polar surface area (TPSA) is 40.2 Å². The number of hydrogen-bond donors (Lipinski definition) is 1. The number of nitrogens with one attached hydrogen (secondary N) is 1. The van der Waals surface area contributed by atoms with Gasteiger partial charge >= 0.3 is 0 Å². The van der Waals surface area contributed by atoms with Crippen molar-refractivity contribution in [2.24, 2.45) is 47.3 Å². The zero-order valence-corrected chi connectivity index (χ0v) is 50.2. The van der Waals surface area contributed by atoms with E-state index >= 15 is 0 Å². The van der Waals surface area contributed by atoms with E-state index in [9.17, 15) is 0 Å². The fourth-order valence-electron chi connectivity index (χ4n) is 11.1. The van der Waals surface area contributed by atoms with E-state index in [1.165, 1.54) is 206 Å². The zero-order chi connectivity index (χ0) is 51.4. The van der Waals surface area contributed by atoms with Crippen LogP contribution in [0.3, 0.4) is 0 Å². The van der Waals surface area contributed by atoms with Crippen LogP contribution in [0, 0.1) is 47.3 Å². The lowest BCUT2D eigenvalue weighted by Gasteiger charge is -2.30. The van der Waals surface area contributed by atoms with Gasteiger partial charge in [0.1, 0.15) is 0 Å². The Morgan fingerprint density at radius 3 is 0.714 bits per heavy atom. The summed E-state index contributed by atoms with van der Waals surface area (Å²) in [6.45, 7) is 49.1. The van der Waals surface area contributed by atoms with Crippen molar-refractivity contribution in [3.63, 3.8) is 0 Å². The molecule has 0 spiro atoms. The molecule has 6 saturated heterocycles. The molecule has 8 fully saturated rings. The second-order valence-corrected chi connectivity index (χ2v) is 25.5. The second-order valence-electron chi connectivity index (χ2n) is 25.5. The molecule has 2 atom stereocenters. The standard InChI is InChI=1S/2C9H18.3C8H17N.C8H16O.C7H14O.C6H13N.CH4/c5*1-8(2)9-6-4-3-5-7-9;1-7(2)8-5-3-4-6-9-8;1-6(2)7-4-3-5-8-7;1-5(2)6-3-7-4-6;/h2*8-9H,3-7H2,1-2H3;3*8H,3-7H2,1-2H3;7-8H,3-6H2,1-2H3;6-7H,3-5H2,1-2H3;5-7H,3-4H2,1-2H3;1H4. The van der Waals surface area contributed by atoms with Crippen LogP contribution in [0.25, 0.3) is 0 Å². The Morgan fingerprint density at radius 1 is 0.300 bits per heavy atom. The van der Waals surface area contributed by atoms with Gasteiger partial charge in [0.05, 0.1) is 12.2 Å². The van der Waals surface area contributed by atoms with Crippen LogP contribution in [0.4, 0.5) is 0 Å². The fraction of sp³-hybridized carbons (Fsp3) is 1.00. The number of likely N-dealkylation sites (tertiary alicyclic amines) is 3. The van der Waals surface area contributed by atoms with Gasteiger partial charge < -0.3 is 29.5 Å². The predicted molar refractivity (Wildman–Crippen MR) is 315 cm³/mol. The Balaban J connectivity index is 0.000000777. The first kappa shape index (κ1) is 69.8. The van der Waals surface area contributed by atoms with Crippen LogP contribution in [-0.4, -0.2) is 111 Å². The molecule has 0 amide bonds. The van der Waals surface area contributed by atoms with Gasteiger partial charge in [0.25, 0.3) is 0 Å². The summed E-state index contributed by atoms with van der Waals surface area (Å²) in [5, 5.41) is 3.24. The van der Waals surface area contributed by atoms with Gasteiger partial charge in [-0.2, -0.15) is 0 Å². The summed E-state index contributed by atoms with van der Waals surface area (Å²) in [5.74, 6) is 7.28. The third-order valence-electron chi connectivity index (χ3n) is 17.0. The highest BCUT2D eigenvalue weighted by molar-refractivity contribution is 4.77. The fourth-order valence-corrected chi connectivity index (χ4v) is 11.1. The molecular formula is C64H134N4O2. The van der Waals surface area contributed by atoms with Crippen LogP contribution in [0.1, 0.15) is 272 Å². The molecule has 6 nitrogen and oxygen atoms in total. The molecule has 2 unspecified atom stereocenters. The van der Waals surface area contributed by atoms with Crippen LogP contribution < -0.4 is 5.32 Å². The molecule has 422 valence electrons. The van der Waals surface area contributed by atoms with E-state index in [2.05, 4.69) is 131 Å². The minimum absolute atomic E-state index is 0. The molecule has 6 aliphatic heterocycles. The van der Waals surface area contributed by atoms with E-state index in [0.717, 1.165) is 72.8 Å². The Morgan fingerprint density at radius 2 is 0.571 bits per heavy atom. The molecule has 1 N–H and O–H groups in total. The van der Waals surface area contributed by atoms with Crippen molar-refractivity contribution in [2.45, 2.75) is 303 Å². The normalized spacial score (nSPS) is 24.2. The van der Waals surface area contributed by atoms with Crippen molar-refractivity contribution in [1.82, 2.24) is 20.0 Å². The number of hydrogen-bond acceptors (Lipinski definition) is 6. The number of ether oxygens (including phenoxy) is 2. The maximum absolute atomic E-state index is 5.54.